The molecule has 0 aliphatic heterocycles. The molecule has 0 aromatic heterocycles. The van der Waals surface area contributed by atoms with Gasteiger partial charge >= 0.3 is 0 Å². The first-order valence-electron chi connectivity index (χ1n) is 10.9. The molecule has 0 saturated carbocycles. The molecular weight excluding hydrogens is 448 g/mol. The quantitative estimate of drug-likeness (QED) is 0.285. The van der Waals surface area contributed by atoms with Crippen molar-refractivity contribution in [2.75, 3.05) is 24.3 Å². The molecule has 1 unspecified atom stereocenters. The molecule has 9 heteroatoms. The van der Waals surface area contributed by atoms with Gasteiger partial charge in [0.1, 0.15) is 5.69 Å². The molecule has 3 rings (SSSR count). The van der Waals surface area contributed by atoms with Crippen LogP contribution in [-0.2, 0) is 4.79 Å². The van der Waals surface area contributed by atoms with Crippen molar-refractivity contribution in [1.29, 1.82) is 0 Å². The van der Waals surface area contributed by atoms with E-state index in [4.69, 9.17) is 0 Å². The molecule has 0 spiro atoms. The minimum Gasteiger partial charge on any atom is -0.372 e. The van der Waals surface area contributed by atoms with Crippen LogP contribution in [0.4, 0.5) is 17.1 Å². The van der Waals surface area contributed by atoms with E-state index in [1.165, 1.54) is 37.3 Å². The van der Waals surface area contributed by atoms with Crippen LogP contribution in [0.5, 0.6) is 0 Å². The number of amides is 2. The van der Waals surface area contributed by atoms with Crippen molar-refractivity contribution in [3.05, 3.63) is 99.1 Å². The number of rotatable bonds is 8. The number of carbonyl (C=O) groups is 3. The normalized spacial score (nSPS) is 11.3. The molecule has 0 heterocycles. The number of nitrogens with zero attached hydrogens (tertiary/aromatic N) is 2. The van der Waals surface area contributed by atoms with Gasteiger partial charge in [-0.1, -0.05) is 30.3 Å². The van der Waals surface area contributed by atoms with Gasteiger partial charge < -0.3 is 15.5 Å². The van der Waals surface area contributed by atoms with Crippen LogP contribution in [0.1, 0.15) is 51.7 Å². The molecule has 0 aliphatic rings. The van der Waals surface area contributed by atoms with Crippen molar-refractivity contribution in [1.82, 2.24) is 5.32 Å². The van der Waals surface area contributed by atoms with Gasteiger partial charge in [-0.15, -0.1) is 0 Å². The molecule has 0 radical (unpaired) electrons. The minimum absolute atomic E-state index is 0.110. The summed E-state index contributed by atoms with van der Waals surface area (Å²) in [7, 11) is 3.35. The predicted molar refractivity (Wildman–Crippen MR) is 134 cm³/mol. The molecule has 2 amide bonds. The fourth-order valence-corrected chi connectivity index (χ4v) is 3.67. The van der Waals surface area contributed by atoms with Crippen LogP contribution < -0.4 is 15.5 Å². The van der Waals surface area contributed by atoms with Crippen molar-refractivity contribution >= 4 is 34.7 Å². The van der Waals surface area contributed by atoms with Gasteiger partial charge in [0.05, 0.1) is 16.5 Å². The smallest absolute Gasteiger partial charge is 0.293 e. The highest BCUT2D eigenvalue weighted by Crippen LogP contribution is 2.29. The highest BCUT2D eigenvalue weighted by Gasteiger charge is 2.23. The van der Waals surface area contributed by atoms with Crippen molar-refractivity contribution < 1.29 is 19.3 Å². The molecule has 1 atom stereocenters. The molecule has 35 heavy (non-hydrogen) atoms. The molecule has 0 aliphatic carbocycles. The topological polar surface area (TPSA) is 122 Å². The van der Waals surface area contributed by atoms with E-state index in [1.807, 2.05) is 6.07 Å². The van der Waals surface area contributed by atoms with E-state index in [2.05, 4.69) is 10.6 Å². The number of nitrogens with one attached hydrogen (secondary N) is 2. The number of nitro benzene ring substituents is 1. The first-order valence-corrected chi connectivity index (χ1v) is 10.9. The van der Waals surface area contributed by atoms with Crippen LogP contribution in [0.15, 0.2) is 66.7 Å². The average Bonchev–Trinajstić information content (AvgIpc) is 2.82. The van der Waals surface area contributed by atoms with Gasteiger partial charge in [0.15, 0.2) is 5.78 Å². The van der Waals surface area contributed by atoms with E-state index in [9.17, 15) is 24.5 Å². The van der Waals surface area contributed by atoms with Crippen LogP contribution in [0.25, 0.3) is 0 Å². The maximum atomic E-state index is 13.3. The third kappa shape index (κ3) is 5.89. The second kappa shape index (κ2) is 10.6. The van der Waals surface area contributed by atoms with Crippen LogP contribution >= 0.6 is 0 Å². The SMILES string of the molecule is CC(=O)Nc1cccc(C(C)NC(=O)c2ccccc2C(=O)c2ccc(N(C)C)c([N+](=O)[O-])c2)c1. The first kappa shape index (κ1) is 25.1. The van der Waals surface area contributed by atoms with Crippen LogP contribution in [0.3, 0.4) is 0 Å². The number of anilines is 2. The van der Waals surface area contributed by atoms with Gasteiger partial charge in [-0.3, -0.25) is 24.5 Å². The number of hydrogen-bond acceptors (Lipinski definition) is 6. The third-order valence-electron chi connectivity index (χ3n) is 5.39. The van der Waals surface area contributed by atoms with E-state index < -0.39 is 22.7 Å². The van der Waals surface area contributed by atoms with Crippen LogP contribution in [0, 0.1) is 10.1 Å². The van der Waals surface area contributed by atoms with Crippen molar-refractivity contribution in [3.8, 4) is 0 Å². The summed E-state index contributed by atoms with van der Waals surface area (Å²) in [5, 5.41) is 17.1. The lowest BCUT2D eigenvalue weighted by Gasteiger charge is -2.17. The van der Waals surface area contributed by atoms with Crippen molar-refractivity contribution in [3.63, 3.8) is 0 Å². The zero-order valence-corrected chi connectivity index (χ0v) is 19.9. The monoisotopic (exact) mass is 474 g/mol. The largest absolute Gasteiger partial charge is 0.372 e. The van der Waals surface area contributed by atoms with E-state index in [0.717, 1.165) is 5.56 Å². The van der Waals surface area contributed by atoms with Gasteiger partial charge in [-0.2, -0.15) is 0 Å². The minimum atomic E-state index is -0.540. The van der Waals surface area contributed by atoms with E-state index >= 15 is 0 Å². The van der Waals surface area contributed by atoms with Gasteiger partial charge in [-0.05, 0) is 42.8 Å². The number of carbonyl (C=O) groups excluding carboxylic acids is 3. The summed E-state index contributed by atoms with van der Waals surface area (Å²) < 4.78 is 0. The molecule has 2 N–H and O–H groups in total. The highest BCUT2D eigenvalue weighted by atomic mass is 16.6. The Bertz CT molecular complexity index is 1300. The fraction of sp³-hybridized carbons (Fsp3) is 0.192. The fourth-order valence-electron chi connectivity index (χ4n) is 3.67. The van der Waals surface area contributed by atoms with Crippen molar-refractivity contribution in [2.45, 2.75) is 19.9 Å². The lowest BCUT2D eigenvalue weighted by molar-refractivity contribution is -0.384. The van der Waals surface area contributed by atoms with E-state index in [0.29, 0.717) is 11.4 Å². The Morgan fingerprint density at radius 2 is 1.63 bits per heavy atom. The predicted octanol–water partition coefficient (Wildman–Crippen LogP) is 4.34. The summed E-state index contributed by atoms with van der Waals surface area (Å²) in [6.45, 7) is 3.20. The highest BCUT2D eigenvalue weighted by molar-refractivity contribution is 6.15. The van der Waals surface area contributed by atoms with Gasteiger partial charge in [0.25, 0.3) is 11.6 Å². The Hall–Kier alpha value is -4.53. The summed E-state index contributed by atoms with van der Waals surface area (Å²) in [4.78, 5) is 50.3. The molecular formula is C26H26N4O5. The second-order valence-corrected chi connectivity index (χ2v) is 8.23. The molecule has 0 fully saturated rings. The lowest BCUT2D eigenvalue weighted by Crippen LogP contribution is -2.28. The van der Waals surface area contributed by atoms with E-state index in [1.54, 1.807) is 56.3 Å². The number of ketones is 1. The Balaban J connectivity index is 1.88. The zero-order valence-electron chi connectivity index (χ0n) is 19.9. The third-order valence-corrected chi connectivity index (χ3v) is 5.39. The van der Waals surface area contributed by atoms with Gasteiger partial charge in [0.2, 0.25) is 5.91 Å². The Kier molecular flexibility index (Phi) is 7.60. The Morgan fingerprint density at radius 3 is 2.26 bits per heavy atom. The summed E-state index contributed by atoms with van der Waals surface area (Å²) >= 11 is 0. The molecule has 0 saturated heterocycles. The van der Waals surface area contributed by atoms with Crippen molar-refractivity contribution in [2.24, 2.45) is 0 Å². The van der Waals surface area contributed by atoms with E-state index in [-0.39, 0.29) is 28.3 Å². The Morgan fingerprint density at radius 1 is 0.943 bits per heavy atom. The number of nitro groups is 1. The summed E-state index contributed by atoms with van der Waals surface area (Å²) in [6.07, 6.45) is 0. The van der Waals surface area contributed by atoms with Gasteiger partial charge in [-0.25, -0.2) is 0 Å². The standard InChI is InChI=1S/C26H26N4O5/c1-16(18-8-7-9-20(14-18)28-17(2)31)27-26(33)22-11-6-5-10-21(22)25(32)19-12-13-23(29(3)4)24(15-19)30(34)35/h5-16H,1-4H3,(H,27,33)(H,28,31). The van der Waals surface area contributed by atoms with Crippen LogP contribution in [0.2, 0.25) is 0 Å². The first-order chi connectivity index (χ1) is 16.6. The molecule has 180 valence electrons. The lowest BCUT2D eigenvalue weighted by atomic mass is 9.96. The van der Waals surface area contributed by atoms with Gasteiger partial charge in [0, 0.05) is 43.9 Å². The maximum absolute atomic E-state index is 13.3. The second-order valence-electron chi connectivity index (χ2n) is 8.23. The average molecular weight is 475 g/mol. The molecule has 3 aromatic carbocycles. The Labute approximate surface area is 202 Å². The molecule has 9 nitrogen and oxygen atoms in total. The summed E-state index contributed by atoms with van der Waals surface area (Å²) in [6, 6.07) is 17.2. The zero-order chi connectivity index (χ0) is 25.7. The summed E-state index contributed by atoms with van der Waals surface area (Å²) in [5.41, 5.74) is 1.94. The number of benzene rings is 3. The molecule has 0 bridgehead atoms. The summed E-state index contributed by atoms with van der Waals surface area (Å²) in [5.74, 6) is -1.17. The maximum Gasteiger partial charge on any atom is 0.293 e. The van der Waals surface area contributed by atoms with Crippen LogP contribution in [-0.4, -0.2) is 36.6 Å². The molecule has 3 aromatic rings. The number of hydrogen-bond donors (Lipinski definition) is 2.